The number of carbonyl (C=O) groups excluding carboxylic acids is 1. The lowest BCUT2D eigenvalue weighted by Gasteiger charge is -2.31. The van der Waals surface area contributed by atoms with Gasteiger partial charge in [-0.15, -0.1) is 11.3 Å². The van der Waals surface area contributed by atoms with Crippen LogP contribution < -0.4 is 0 Å². The van der Waals surface area contributed by atoms with Crippen LogP contribution in [0.4, 0.5) is 8.78 Å². The van der Waals surface area contributed by atoms with Crippen molar-refractivity contribution in [2.24, 2.45) is 0 Å². The molecule has 2 aromatic heterocycles. The monoisotopic (exact) mass is 400 g/mol. The highest BCUT2D eigenvalue weighted by molar-refractivity contribution is 7.15. The number of amides is 1. The Hall–Kier alpha value is -2.74. The lowest BCUT2D eigenvalue weighted by Crippen LogP contribution is -2.38. The van der Waals surface area contributed by atoms with Gasteiger partial charge in [-0.1, -0.05) is 0 Å². The minimum absolute atomic E-state index is 0.0482. The van der Waals surface area contributed by atoms with E-state index in [9.17, 15) is 13.6 Å². The number of thiazole rings is 1. The van der Waals surface area contributed by atoms with E-state index in [0.717, 1.165) is 52.3 Å². The van der Waals surface area contributed by atoms with Gasteiger partial charge in [0.2, 0.25) is 0 Å². The van der Waals surface area contributed by atoms with Crippen LogP contribution in [0.1, 0.15) is 39.8 Å². The van der Waals surface area contributed by atoms with Gasteiger partial charge in [0.1, 0.15) is 18.0 Å². The molecule has 4 rings (SSSR count). The van der Waals surface area contributed by atoms with Gasteiger partial charge in [0, 0.05) is 36.8 Å². The molecule has 0 unspecified atom stereocenters. The van der Waals surface area contributed by atoms with Gasteiger partial charge in [0.15, 0.2) is 0 Å². The first-order chi connectivity index (χ1) is 13.5. The SMILES string of the molecule is Cc1nc(C2CCN(C(=O)c3cc(F)cc(F)c3)CC2)sc1-c1ccncn1. The molecule has 28 heavy (non-hydrogen) atoms. The quantitative estimate of drug-likeness (QED) is 0.661. The maximum atomic E-state index is 13.4. The van der Waals surface area contributed by atoms with Crippen molar-refractivity contribution in [2.45, 2.75) is 25.7 Å². The third kappa shape index (κ3) is 3.77. The normalized spacial score (nSPS) is 15.0. The molecule has 1 amide bonds. The number of aromatic nitrogens is 3. The molecule has 0 aliphatic carbocycles. The molecule has 3 heterocycles. The number of carbonyl (C=O) groups is 1. The van der Waals surface area contributed by atoms with E-state index < -0.39 is 11.6 Å². The fourth-order valence-electron chi connectivity index (χ4n) is 3.44. The third-order valence-corrected chi connectivity index (χ3v) is 6.21. The first kappa shape index (κ1) is 18.6. The van der Waals surface area contributed by atoms with Gasteiger partial charge >= 0.3 is 0 Å². The molecule has 144 valence electrons. The Kier molecular flexibility index (Phi) is 5.13. The molecule has 3 aromatic rings. The number of nitrogens with zero attached hydrogens (tertiary/aromatic N) is 4. The zero-order chi connectivity index (χ0) is 19.7. The van der Waals surface area contributed by atoms with E-state index in [-0.39, 0.29) is 17.4 Å². The average molecular weight is 400 g/mol. The van der Waals surface area contributed by atoms with Gasteiger partial charge in [-0.25, -0.2) is 23.7 Å². The summed E-state index contributed by atoms with van der Waals surface area (Å²) in [5.41, 5.74) is 1.84. The van der Waals surface area contributed by atoms with Crippen LogP contribution in [0, 0.1) is 18.6 Å². The number of hydrogen-bond donors (Lipinski definition) is 0. The second-order valence-corrected chi connectivity index (χ2v) is 7.82. The molecule has 1 aliphatic rings. The van der Waals surface area contributed by atoms with Gasteiger partial charge < -0.3 is 4.90 Å². The van der Waals surface area contributed by atoms with Gasteiger partial charge in [-0.05, 0) is 38.0 Å². The molecule has 1 saturated heterocycles. The van der Waals surface area contributed by atoms with E-state index in [1.807, 2.05) is 13.0 Å². The van der Waals surface area contributed by atoms with Gasteiger partial charge in [0.25, 0.3) is 5.91 Å². The van der Waals surface area contributed by atoms with Crippen LogP contribution in [0.15, 0.2) is 36.8 Å². The second kappa shape index (κ2) is 7.71. The Bertz CT molecular complexity index is 980. The Balaban J connectivity index is 1.45. The summed E-state index contributed by atoms with van der Waals surface area (Å²) in [6.45, 7) is 3.03. The summed E-state index contributed by atoms with van der Waals surface area (Å²) in [6, 6.07) is 4.79. The number of hydrogen-bond acceptors (Lipinski definition) is 5. The maximum Gasteiger partial charge on any atom is 0.254 e. The zero-order valence-electron chi connectivity index (χ0n) is 15.2. The summed E-state index contributed by atoms with van der Waals surface area (Å²) < 4.78 is 26.8. The van der Waals surface area contributed by atoms with Gasteiger partial charge in [-0.2, -0.15) is 0 Å². The summed E-state index contributed by atoms with van der Waals surface area (Å²) in [5, 5.41) is 1.04. The van der Waals surface area contributed by atoms with Gasteiger partial charge in [-0.3, -0.25) is 4.79 Å². The molecular weight excluding hydrogens is 382 g/mol. The van der Waals surface area contributed by atoms with Crippen LogP contribution in [0.2, 0.25) is 0 Å². The standard InChI is InChI=1S/C20H18F2N4OS/c1-12-18(17-2-5-23-11-24-17)28-19(25-12)13-3-6-26(7-4-13)20(27)14-8-15(21)10-16(22)9-14/h2,5,8-11,13H,3-4,6-7H2,1H3. The smallest absolute Gasteiger partial charge is 0.254 e. The lowest BCUT2D eigenvalue weighted by atomic mass is 9.97. The highest BCUT2D eigenvalue weighted by atomic mass is 32.1. The predicted molar refractivity (Wildman–Crippen MR) is 102 cm³/mol. The molecule has 0 N–H and O–H groups in total. The highest BCUT2D eigenvalue weighted by Crippen LogP contribution is 2.36. The molecule has 0 atom stereocenters. The fraction of sp³-hybridized carbons (Fsp3) is 0.300. The molecule has 1 fully saturated rings. The first-order valence-electron chi connectivity index (χ1n) is 9.00. The van der Waals surface area contributed by atoms with E-state index in [1.54, 1.807) is 22.4 Å². The average Bonchev–Trinajstić information content (AvgIpc) is 3.09. The number of rotatable bonds is 3. The van der Waals surface area contributed by atoms with Crippen molar-refractivity contribution >= 4 is 17.2 Å². The number of benzene rings is 1. The molecule has 5 nitrogen and oxygen atoms in total. The molecule has 1 aliphatic heterocycles. The van der Waals surface area contributed by atoms with Crippen molar-refractivity contribution in [2.75, 3.05) is 13.1 Å². The maximum absolute atomic E-state index is 13.4. The molecule has 0 spiro atoms. The van der Waals surface area contributed by atoms with E-state index in [4.69, 9.17) is 4.98 Å². The number of aryl methyl sites for hydroxylation is 1. The summed E-state index contributed by atoms with van der Waals surface area (Å²) in [4.78, 5) is 28.2. The molecule has 0 radical (unpaired) electrons. The van der Waals surface area contributed by atoms with Crippen LogP contribution in [0.25, 0.3) is 10.6 Å². The Morgan fingerprint density at radius 3 is 2.54 bits per heavy atom. The number of likely N-dealkylation sites (tertiary alicyclic amines) is 1. The minimum Gasteiger partial charge on any atom is -0.339 e. The molecule has 0 bridgehead atoms. The lowest BCUT2D eigenvalue weighted by molar-refractivity contribution is 0.0712. The second-order valence-electron chi connectivity index (χ2n) is 6.79. The minimum atomic E-state index is -0.742. The Morgan fingerprint density at radius 2 is 1.89 bits per heavy atom. The summed E-state index contributed by atoms with van der Waals surface area (Å²) in [5.74, 6) is -1.57. The largest absolute Gasteiger partial charge is 0.339 e. The summed E-state index contributed by atoms with van der Waals surface area (Å²) >= 11 is 1.63. The van der Waals surface area contributed by atoms with E-state index >= 15 is 0 Å². The van der Waals surface area contributed by atoms with Crippen molar-refractivity contribution in [3.05, 3.63) is 64.7 Å². The van der Waals surface area contributed by atoms with Crippen molar-refractivity contribution in [1.29, 1.82) is 0 Å². The van der Waals surface area contributed by atoms with E-state index in [0.29, 0.717) is 13.1 Å². The summed E-state index contributed by atoms with van der Waals surface area (Å²) in [7, 11) is 0. The van der Waals surface area contributed by atoms with Crippen molar-refractivity contribution in [3.63, 3.8) is 0 Å². The zero-order valence-corrected chi connectivity index (χ0v) is 16.0. The van der Waals surface area contributed by atoms with Crippen molar-refractivity contribution in [1.82, 2.24) is 19.9 Å². The Labute approximate surface area is 165 Å². The molecule has 8 heteroatoms. The topological polar surface area (TPSA) is 59.0 Å². The van der Waals surface area contributed by atoms with E-state index in [2.05, 4.69) is 9.97 Å². The number of halogens is 2. The van der Waals surface area contributed by atoms with Crippen LogP contribution in [0.5, 0.6) is 0 Å². The van der Waals surface area contributed by atoms with Crippen LogP contribution in [0.3, 0.4) is 0 Å². The Morgan fingerprint density at radius 1 is 1.18 bits per heavy atom. The van der Waals surface area contributed by atoms with E-state index in [1.165, 1.54) is 6.33 Å². The summed E-state index contributed by atoms with van der Waals surface area (Å²) in [6.07, 6.45) is 4.76. The van der Waals surface area contributed by atoms with Crippen molar-refractivity contribution in [3.8, 4) is 10.6 Å². The van der Waals surface area contributed by atoms with Crippen LogP contribution in [-0.2, 0) is 0 Å². The number of piperidine rings is 1. The van der Waals surface area contributed by atoms with Crippen LogP contribution in [-0.4, -0.2) is 38.8 Å². The predicted octanol–water partition coefficient (Wildman–Crippen LogP) is 4.21. The van der Waals surface area contributed by atoms with Crippen molar-refractivity contribution < 1.29 is 13.6 Å². The van der Waals surface area contributed by atoms with Crippen LogP contribution >= 0.6 is 11.3 Å². The van der Waals surface area contributed by atoms with Gasteiger partial charge in [0.05, 0.1) is 21.3 Å². The molecular formula is C20H18F2N4OS. The molecule has 1 aromatic carbocycles. The third-order valence-electron chi connectivity index (χ3n) is 4.87. The fourth-order valence-corrected chi connectivity index (χ4v) is 4.66. The highest BCUT2D eigenvalue weighted by Gasteiger charge is 2.27. The first-order valence-corrected chi connectivity index (χ1v) is 9.82. The molecule has 0 saturated carbocycles.